The SMILES string of the molecule is Cc1cc2nc(NC(=O)c3ccc(S(=O)(=O)N(C)Cc4ccco4)cc3)sc2cc1C. The maximum absolute atomic E-state index is 12.8. The first-order chi connectivity index (χ1) is 14.7. The summed E-state index contributed by atoms with van der Waals surface area (Å²) in [5, 5.41) is 3.29. The molecule has 9 heteroatoms. The summed E-state index contributed by atoms with van der Waals surface area (Å²) in [6, 6.07) is 13.3. The lowest BCUT2D eigenvalue weighted by molar-refractivity contribution is 0.102. The predicted molar refractivity (Wildman–Crippen MR) is 121 cm³/mol. The number of hydrogen-bond acceptors (Lipinski definition) is 6. The van der Waals surface area contributed by atoms with Gasteiger partial charge in [-0.25, -0.2) is 13.4 Å². The lowest BCUT2D eigenvalue weighted by atomic mass is 10.1. The molecule has 0 aliphatic carbocycles. The summed E-state index contributed by atoms with van der Waals surface area (Å²) in [6.07, 6.45) is 1.50. The number of nitrogens with zero attached hydrogens (tertiary/aromatic N) is 2. The van der Waals surface area contributed by atoms with E-state index in [1.54, 1.807) is 12.1 Å². The summed E-state index contributed by atoms with van der Waals surface area (Å²) >= 11 is 1.40. The van der Waals surface area contributed by atoms with Crippen LogP contribution in [0.25, 0.3) is 10.2 Å². The van der Waals surface area contributed by atoms with E-state index in [0.717, 1.165) is 15.8 Å². The summed E-state index contributed by atoms with van der Waals surface area (Å²) in [5.74, 6) is 0.198. The first-order valence-corrected chi connectivity index (χ1v) is 11.8. The van der Waals surface area contributed by atoms with Crippen LogP contribution in [0.15, 0.2) is 64.1 Å². The van der Waals surface area contributed by atoms with Crippen molar-refractivity contribution in [2.45, 2.75) is 25.3 Å². The standard InChI is InChI=1S/C22H21N3O4S2/c1-14-11-19-20(12-15(14)2)30-22(23-19)24-21(26)16-6-8-18(9-7-16)31(27,28)25(3)13-17-5-4-10-29-17/h4-12H,13H2,1-3H3,(H,23,24,26). The number of sulfonamides is 1. The summed E-state index contributed by atoms with van der Waals surface area (Å²) in [5.41, 5.74) is 3.50. The van der Waals surface area contributed by atoms with Crippen molar-refractivity contribution < 1.29 is 17.6 Å². The Hall–Kier alpha value is -3.01. The second-order valence-corrected chi connectivity index (χ2v) is 10.3. The molecule has 0 saturated carbocycles. The molecule has 0 aliphatic heterocycles. The van der Waals surface area contributed by atoms with E-state index in [0.29, 0.717) is 16.5 Å². The number of amides is 1. The normalized spacial score (nSPS) is 11.9. The number of hydrogen-bond donors (Lipinski definition) is 1. The molecule has 0 atom stereocenters. The molecule has 31 heavy (non-hydrogen) atoms. The van der Waals surface area contributed by atoms with Crippen LogP contribution >= 0.6 is 11.3 Å². The molecule has 1 amide bonds. The van der Waals surface area contributed by atoms with Crippen LogP contribution in [0.1, 0.15) is 27.2 Å². The number of aryl methyl sites for hydroxylation is 2. The van der Waals surface area contributed by atoms with Crippen LogP contribution in [0.2, 0.25) is 0 Å². The highest BCUT2D eigenvalue weighted by Crippen LogP contribution is 2.28. The Labute approximate surface area is 184 Å². The fourth-order valence-electron chi connectivity index (χ4n) is 3.07. The van der Waals surface area contributed by atoms with Crippen molar-refractivity contribution in [2.75, 3.05) is 12.4 Å². The van der Waals surface area contributed by atoms with Gasteiger partial charge in [-0.1, -0.05) is 11.3 Å². The van der Waals surface area contributed by atoms with Crippen LogP contribution in [0.3, 0.4) is 0 Å². The molecule has 2 heterocycles. The number of nitrogens with one attached hydrogen (secondary N) is 1. The third-order valence-electron chi connectivity index (χ3n) is 5.01. The average molecular weight is 456 g/mol. The van der Waals surface area contributed by atoms with Crippen LogP contribution in [-0.4, -0.2) is 30.7 Å². The van der Waals surface area contributed by atoms with Crippen molar-refractivity contribution in [1.29, 1.82) is 0 Å². The van der Waals surface area contributed by atoms with Gasteiger partial charge in [0.2, 0.25) is 10.0 Å². The first-order valence-electron chi connectivity index (χ1n) is 9.52. The van der Waals surface area contributed by atoms with E-state index in [2.05, 4.69) is 16.4 Å². The molecule has 2 aromatic carbocycles. The molecule has 0 bridgehead atoms. The van der Waals surface area contributed by atoms with Crippen LogP contribution < -0.4 is 5.32 Å². The molecule has 4 aromatic rings. The topological polar surface area (TPSA) is 92.5 Å². The molecule has 0 unspecified atom stereocenters. The van der Waals surface area contributed by atoms with Gasteiger partial charge in [0.15, 0.2) is 5.13 Å². The molecule has 7 nitrogen and oxygen atoms in total. The van der Waals surface area contributed by atoms with Crippen LogP contribution in [0, 0.1) is 13.8 Å². The van der Waals surface area contributed by atoms with Gasteiger partial charge >= 0.3 is 0 Å². The van der Waals surface area contributed by atoms with Gasteiger partial charge in [-0.05, 0) is 73.5 Å². The largest absolute Gasteiger partial charge is 0.468 e. The van der Waals surface area contributed by atoms with Crippen molar-refractivity contribution in [3.63, 3.8) is 0 Å². The highest BCUT2D eigenvalue weighted by atomic mass is 32.2. The van der Waals surface area contributed by atoms with Crippen LogP contribution in [-0.2, 0) is 16.6 Å². The fourth-order valence-corrected chi connectivity index (χ4v) is 5.15. The van der Waals surface area contributed by atoms with Crippen LogP contribution in [0.5, 0.6) is 0 Å². The van der Waals surface area contributed by atoms with Gasteiger partial charge in [-0.15, -0.1) is 0 Å². The minimum absolute atomic E-state index is 0.101. The molecule has 0 saturated heterocycles. The van der Waals surface area contributed by atoms with E-state index in [9.17, 15) is 13.2 Å². The van der Waals surface area contributed by atoms with Crippen molar-refractivity contribution in [2.24, 2.45) is 0 Å². The summed E-state index contributed by atoms with van der Waals surface area (Å²) in [4.78, 5) is 17.2. The lowest BCUT2D eigenvalue weighted by Crippen LogP contribution is -2.26. The number of carbonyl (C=O) groups is 1. The van der Waals surface area contributed by atoms with Crippen molar-refractivity contribution >= 4 is 42.6 Å². The molecule has 2 aromatic heterocycles. The second-order valence-electron chi connectivity index (χ2n) is 7.24. The minimum atomic E-state index is -3.71. The number of benzene rings is 2. The maximum atomic E-state index is 12.8. The van der Waals surface area contributed by atoms with Gasteiger partial charge in [0, 0.05) is 12.6 Å². The Bertz CT molecular complexity index is 1300. The second kappa shape index (κ2) is 8.26. The van der Waals surface area contributed by atoms with Gasteiger partial charge in [0.25, 0.3) is 5.91 Å². The van der Waals surface area contributed by atoms with Crippen molar-refractivity contribution in [1.82, 2.24) is 9.29 Å². The molecule has 0 radical (unpaired) electrons. The van der Waals surface area contributed by atoms with E-state index < -0.39 is 10.0 Å². The molecule has 0 aliphatic rings. The van der Waals surface area contributed by atoms with E-state index in [1.807, 2.05) is 19.9 Å². The van der Waals surface area contributed by atoms with Gasteiger partial charge in [-0.2, -0.15) is 4.31 Å². The molecular formula is C22H21N3O4S2. The van der Waals surface area contributed by atoms with Gasteiger partial charge < -0.3 is 4.42 Å². The summed E-state index contributed by atoms with van der Waals surface area (Å²) < 4.78 is 32.9. The number of aromatic nitrogens is 1. The third kappa shape index (κ3) is 4.39. The number of anilines is 1. The highest BCUT2D eigenvalue weighted by molar-refractivity contribution is 7.89. The maximum Gasteiger partial charge on any atom is 0.257 e. The van der Waals surface area contributed by atoms with E-state index in [1.165, 1.54) is 58.8 Å². The lowest BCUT2D eigenvalue weighted by Gasteiger charge is -2.16. The third-order valence-corrected chi connectivity index (χ3v) is 7.76. The Kier molecular flexibility index (Phi) is 5.65. The first kappa shape index (κ1) is 21.2. The van der Waals surface area contributed by atoms with Gasteiger partial charge in [-0.3, -0.25) is 10.1 Å². The summed E-state index contributed by atoms with van der Waals surface area (Å²) in [6.45, 7) is 4.18. The highest BCUT2D eigenvalue weighted by Gasteiger charge is 2.22. The molecule has 0 spiro atoms. The smallest absolute Gasteiger partial charge is 0.257 e. The average Bonchev–Trinajstić information content (AvgIpc) is 3.37. The molecule has 1 N–H and O–H groups in total. The number of thiazole rings is 1. The Morgan fingerprint density at radius 3 is 2.52 bits per heavy atom. The van der Waals surface area contributed by atoms with Crippen molar-refractivity contribution in [3.05, 3.63) is 77.2 Å². The molecule has 4 rings (SSSR count). The summed E-state index contributed by atoms with van der Waals surface area (Å²) in [7, 11) is -2.23. The molecule has 0 fully saturated rings. The zero-order chi connectivity index (χ0) is 22.2. The van der Waals surface area contributed by atoms with Gasteiger partial charge in [0.05, 0.1) is 27.9 Å². The number of carbonyl (C=O) groups excluding carboxylic acids is 1. The van der Waals surface area contributed by atoms with E-state index in [-0.39, 0.29) is 17.3 Å². The number of fused-ring (bicyclic) bond motifs is 1. The van der Waals surface area contributed by atoms with Crippen LogP contribution in [0.4, 0.5) is 5.13 Å². The van der Waals surface area contributed by atoms with E-state index in [4.69, 9.17) is 4.42 Å². The van der Waals surface area contributed by atoms with E-state index >= 15 is 0 Å². The Morgan fingerprint density at radius 1 is 1.13 bits per heavy atom. The Morgan fingerprint density at radius 2 is 1.84 bits per heavy atom. The fraction of sp³-hybridized carbons (Fsp3) is 0.182. The minimum Gasteiger partial charge on any atom is -0.468 e. The molecular weight excluding hydrogens is 434 g/mol. The monoisotopic (exact) mass is 455 g/mol. The zero-order valence-electron chi connectivity index (χ0n) is 17.2. The van der Waals surface area contributed by atoms with Crippen molar-refractivity contribution in [3.8, 4) is 0 Å². The number of rotatable bonds is 6. The predicted octanol–water partition coefficient (Wildman–Crippen LogP) is 4.58. The zero-order valence-corrected chi connectivity index (χ0v) is 18.9. The quantitative estimate of drug-likeness (QED) is 0.459. The Balaban J connectivity index is 1.49. The molecule has 160 valence electrons. The van der Waals surface area contributed by atoms with Gasteiger partial charge in [0.1, 0.15) is 5.76 Å². The number of furan rings is 1.